The van der Waals surface area contributed by atoms with Crippen LogP contribution < -0.4 is 9.47 Å². The molecule has 0 unspecified atom stereocenters. The van der Waals surface area contributed by atoms with E-state index in [0.717, 1.165) is 5.56 Å². The molecule has 0 saturated carbocycles. The van der Waals surface area contributed by atoms with Crippen LogP contribution in [0.25, 0.3) is 0 Å². The minimum absolute atomic E-state index is 0.140. The zero-order chi connectivity index (χ0) is 11.3. The van der Waals surface area contributed by atoms with Gasteiger partial charge in [-0.15, -0.1) is 0 Å². The van der Waals surface area contributed by atoms with Gasteiger partial charge in [-0.2, -0.15) is 0 Å². The highest BCUT2D eigenvalue weighted by Gasteiger charge is 2.06. The van der Waals surface area contributed by atoms with E-state index >= 15 is 0 Å². The number of ether oxygens (including phenoxy) is 2. The number of methoxy groups -OCH3 is 1. The van der Waals surface area contributed by atoms with Crippen LogP contribution in [0.3, 0.4) is 0 Å². The lowest BCUT2D eigenvalue weighted by atomic mass is 10.1. The Labute approximate surface area is 90.0 Å². The first-order valence-electron chi connectivity index (χ1n) is 4.96. The SMILES string of the molecule is CCOc1ccc(CC(C)=O)cc1OC. The molecule has 0 aliphatic rings. The van der Waals surface area contributed by atoms with Gasteiger partial charge in [0.05, 0.1) is 13.7 Å². The summed E-state index contributed by atoms with van der Waals surface area (Å²) in [7, 11) is 1.59. The van der Waals surface area contributed by atoms with E-state index < -0.39 is 0 Å². The monoisotopic (exact) mass is 208 g/mol. The Bertz CT molecular complexity index is 345. The molecule has 1 rings (SSSR count). The zero-order valence-electron chi connectivity index (χ0n) is 9.37. The Kier molecular flexibility index (Phi) is 4.16. The van der Waals surface area contributed by atoms with Crippen molar-refractivity contribution in [3.63, 3.8) is 0 Å². The number of hydrogen-bond acceptors (Lipinski definition) is 3. The maximum Gasteiger partial charge on any atom is 0.161 e. The predicted octanol–water partition coefficient (Wildman–Crippen LogP) is 2.23. The fourth-order valence-corrected chi connectivity index (χ4v) is 1.38. The largest absolute Gasteiger partial charge is 0.493 e. The van der Waals surface area contributed by atoms with Crippen LogP contribution in [0.15, 0.2) is 18.2 Å². The van der Waals surface area contributed by atoms with Gasteiger partial charge in [0.2, 0.25) is 0 Å². The quantitative estimate of drug-likeness (QED) is 0.744. The first-order valence-corrected chi connectivity index (χ1v) is 4.96. The van der Waals surface area contributed by atoms with E-state index in [1.165, 1.54) is 0 Å². The average Bonchev–Trinajstić information content (AvgIpc) is 2.20. The van der Waals surface area contributed by atoms with Gasteiger partial charge in [0.1, 0.15) is 5.78 Å². The van der Waals surface area contributed by atoms with Crippen LogP contribution in [0.5, 0.6) is 11.5 Å². The van der Waals surface area contributed by atoms with Gasteiger partial charge >= 0.3 is 0 Å². The fraction of sp³-hybridized carbons (Fsp3) is 0.417. The van der Waals surface area contributed by atoms with Crippen molar-refractivity contribution in [2.75, 3.05) is 13.7 Å². The molecule has 0 heterocycles. The minimum Gasteiger partial charge on any atom is -0.493 e. The molecule has 3 heteroatoms. The Hall–Kier alpha value is -1.51. The van der Waals surface area contributed by atoms with Gasteiger partial charge in [-0.3, -0.25) is 4.79 Å². The molecule has 1 aromatic carbocycles. The second kappa shape index (κ2) is 5.39. The average molecular weight is 208 g/mol. The van der Waals surface area contributed by atoms with Crippen molar-refractivity contribution in [3.05, 3.63) is 23.8 Å². The molecule has 82 valence electrons. The molecule has 0 spiro atoms. The van der Waals surface area contributed by atoms with Crippen molar-refractivity contribution in [3.8, 4) is 11.5 Å². The van der Waals surface area contributed by atoms with Crippen molar-refractivity contribution in [1.29, 1.82) is 0 Å². The molecule has 0 aliphatic carbocycles. The number of rotatable bonds is 5. The van der Waals surface area contributed by atoms with Gasteiger partial charge in [-0.05, 0) is 31.5 Å². The third-order valence-corrected chi connectivity index (χ3v) is 1.98. The molecule has 0 saturated heterocycles. The first kappa shape index (κ1) is 11.6. The van der Waals surface area contributed by atoms with Gasteiger partial charge < -0.3 is 9.47 Å². The van der Waals surface area contributed by atoms with Crippen LogP contribution in [-0.4, -0.2) is 19.5 Å². The molecule has 0 atom stereocenters. The third-order valence-electron chi connectivity index (χ3n) is 1.98. The fourth-order valence-electron chi connectivity index (χ4n) is 1.38. The highest BCUT2D eigenvalue weighted by molar-refractivity contribution is 5.78. The van der Waals surface area contributed by atoms with Crippen LogP contribution in [-0.2, 0) is 11.2 Å². The van der Waals surface area contributed by atoms with E-state index in [1.807, 2.05) is 25.1 Å². The normalized spacial score (nSPS) is 9.80. The third kappa shape index (κ3) is 3.27. The lowest BCUT2D eigenvalue weighted by Crippen LogP contribution is -1.99. The van der Waals surface area contributed by atoms with Gasteiger partial charge in [-0.1, -0.05) is 6.07 Å². The molecule has 0 radical (unpaired) electrons. The molecule has 0 fully saturated rings. The molecular weight excluding hydrogens is 192 g/mol. The molecule has 0 aromatic heterocycles. The van der Waals surface area contributed by atoms with E-state index in [4.69, 9.17) is 9.47 Å². The van der Waals surface area contributed by atoms with E-state index in [1.54, 1.807) is 14.0 Å². The Morgan fingerprint density at radius 1 is 1.33 bits per heavy atom. The Morgan fingerprint density at radius 2 is 2.07 bits per heavy atom. The summed E-state index contributed by atoms with van der Waals surface area (Å²) >= 11 is 0. The van der Waals surface area contributed by atoms with Crippen LogP contribution in [0.2, 0.25) is 0 Å². The lowest BCUT2D eigenvalue weighted by molar-refractivity contribution is -0.116. The van der Waals surface area contributed by atoms with Crippen molar-refractivity contribution in [1.82, 2.24) is 0 Å². The van der Waals surface area contributed by atoms with E-state index in [9.17, 15) is 4.79 Å². The maximum absolute atomic E-state index is 11.0. The van der Waals surface area contributed by atoms with Gasteiger partial charge in [-0.25, -0.2) is 0 Å². The summed E-state index contributed by atoms with van der Waals surface area (Å²) < 4.78 is 10.6. The minimum atomic E-state index is 0.140. The second-order valence-electron chi connectivity index (χ2n) is 3.30. The standard InChI is InChI=1S/C12H16O3/c1-4-15-11-6-5-10(7-9(2)13)8-12(11)14-3/h5-6,8H,4,7H2,1-3H3. The smallest absolute Gasteiger partial charge is 0.161 e. The molecule has 1 aromatic rings. The summed E-state index contributed by atoms with van der Waals surface area (Å²) in [6.45, 7) is 4.09. The van der Waals surface area contributed by atoms with E-state index in [-0.39, 0.29) is 5.78 Å². The van der Waals surface area contributed by atoms with Crippen molar-refractivity contribution in [2.24, 2.45) is 0 Å². The summed E-state index contributed by atoms with van der Waals surface area (Å²) in [6, 6.07) is 5.56. The molecule has 0 aliphatic heterocycles. The van der Waals surface area contributed by atoms with Crippen LogP contribution in [0, 0.1) is 0 Å². The van der Waals surface area contributed by atoms with Crippen LogP contribution in [0.1, 0.15) is 19.4 Å². The van der Waals surface area contributed by atoms with Crippen LogP contribution >= 0.6 is 0 Å². The highest BCUT2D eigenvalue weighted by Crippen LogP contribution is 2.28. The summed E-state index contributed by atoms with van der Waals surface area (Å²) in [5, 5.41) is 0. The number of benzene rings is 1. The molecule has 3 nitrogen and oxygen atoms in total. The molecule has 0 N–H and O–H groups in total. The zero-order valence-corrected chi connectivity index (χ0v) is 9.37. The van der Waals surface area contributed by atoms with Crippen molar-refractivity contribution < 1.29 is 14.3 Å². The number of hydrogen-bond donors (Lipinski definition) is 0. The van der Waals surface area contributed by atoms with Gasteiger partial charge in [0.25, 0.3) is 0 Å². The van der Waals surface area contributed by atoms with Crippen molar-refractivity contribution >= 4 is 5.78 Å². The Morgan fingerprint density at radius 3 is 2.60 bits per heavy atom. The molecular formula is C12H16O3. The summed E-state index contributed by atoms with van der Waals surface area (Å²) in [5.74, 6) is 1.53. The van der Waals surface area contributed by atoms with E-state index in [0.29, 0.717) is 24.5 Å². The maximum atomic E-state index is 11.0. The van der Waals surface area contributed by atoms with Crippen molar-refractivity contribution in [2.45, 2.75) is 20.3 Å². The van der Waals surface area contributed by atoms with Crippen LogP contribution in [0.4, 0.5) is 0 Å². The summed E-state index contributed by atoms with van der Waals surface area (Å²) in [5.41, 5.74) is 0.947. The lowest BCUT2D eigenvalue weighted by Gasteiger charge is -2.10. The summed E-state index contributed by atoms with van der Waals surface area (Å²) in [4.78, 5) is 11.0. The molecule has 0 bridgehead atoms. The summed E-state index contributed by atoms with van der Waals surface area (Å²) in [6.07, 6.45) is 0.433. The number of Topliss-reactive ketones (excluding diaryl/α,β-unsaturated/α-hetero) is 1. The molecule has 0 amide bonds. The van der Waals surface area contributed by atoms with E-state index in [2.05, 4.69) is 0 Å². The number of carbonyl (C=O) groups excluding carboxylic acids is 1. The highest BCUT2D eigenvalue weighted by atomic mass is 16.5. The first-order chi connectivity index (χ1) is 7.17. The van der Waals surface area contributed by atoms with Gasteiger partial charge in [0.15, 0.2) is 11.5 Å². The molecule has 15 heavy (non-hydrogen) atoms. The predicted molar refractivity (Wildman–Crippen MR) is 58.5 cm³/mol. The number of carbonyl (C=O) groups is 1. The van der Waals surface area contributed by atoms with Gasteiger partial charge in [0, 0.05) is 6.42 Å². The topological polar surface area (TPSA) is 35.5 Å². The second-order valence-corrected chi connectivity index (χ2v) is 3.30. The Balaban J connectivity index is 2.91. The number of ketones is 1.